The molecule has 4 heteroatoms. The molecule has 0 N–H and O–H groups in total. The SMILES string of the molecule is [Ba+2].[Cl-].[F-].[H-].[Li+]. The summed E-state index contributed by atoms with van der Waals surface area (Å²) in [5, 5.41) is 0. The molecule has 0 aromatic rings. The molecule has 0 nitrogen and oxygen atoms in total. The van der Waals surface area contributed by atoms with E-state index in [0.717, 1.165) is 0 Å². The predicted molar refractivity (Wildman–Crippen MR) is 6.87 cm³/mol. The van der Waals surface area contributed by atoms with E-state index in [4.69, 9.17) is 0 Å². The van der Waals surface area contributed by atoms with Crippen LogP contribution in [0.2, 0.25) is 0 Å². The summed E-state index contributed by atoms with van der Waals surface area (Å²) in [5.74, 6) is 0. The second kappa shape index (κ2) is 18.2. The molecule has 4 heavy (non-hydrogen) atoms. The summed E-state index contributed by atoms with van der Waals surface area (Å²) in [4.78, 5) is 0. The van der Waals surface area contributed by atoms with E-state index < -0.39 is 0 Å². The van der Waals surface area contributed by atoms with Gasteiger partial charge in [0.25, 0.3) is 0 Å². The molecule has 0 radical (unpaired) electrons. The van der Waals surface area contributed by atoms with Crippen molar-refractivity contribution in [1.29, 1.82) is 0 Å². The quantitative estimate of drug-likeness (QED) is 0.340. The summed E-state index contributed by atoms with van der Waals surface area (Å²) < 4.78 is 0. The van der Waals surface area contributed by atoms with Crippen LogP contribution in [-0.2, 0) is 0 Å². The second-order valence-electron chi connectivity index (χ2n) is 0. The fraction of sp³-hybridized carbons (Fsp3) is 0. The van der Waals surface area contributed by atoms with Gasteiger partial charge in [0, 0.05) is 0 Å². The molecule has 0 aromatic carbocycles. The first kappa shape index (κ1) is 32.5. The molecule has 0 heterocycles. The van der Waals surface area contributed by atoms with E-state index in [2.05, 4.69) is 0 Å². The Bertz CT molecular complexity index is 11.6. The van der Waals surface area contributed by atoms with Crippen molar-refractivity contribution in [3.8, 4) is 0 Å². The first-order valence-electron chi connectivity index (χ1n) is 0. The molecule has 0 fully saturated rings. The van der Waals surface area contributed by atoms with Gasteiger partial charge in [-0.15, -0.1) is 0 Å². The Morgan fingerprint density at radius 3 is 1.25 bits per heavy atom. The summed E-state index contributed by atoms with van der Waals surface area (Å²) in [6, 6.07) is 0. The van der Waals surface area contributed by atoms with Gasteiger partial charge in [-0.1, -0.05) is 0 Å². The Morgan fingerprint density at radius 1 is 1.25 bits per heavy atom. The zero-order valence-corrected chi connectivity index (χ0v) is 7.66. The van der Waals surface area contributed by atoms with Gasteiger partial charge < -0.3 is 18.5 Å². The molecule has 0 aliphatic rings. The van der Waals surface area contributed by atoms with Gasteiger partial charge in [0.1, 0.15) is 0 Å². The average Bonchev–Trinajstić information content (AvgIpc) is 0. The van der Waals surface area contributed by atoms with Crippen LogP contribution in [0.5, 0.6) is 0 Å². The van der Waals surface area contributed by atoms with Crippen LogP contribution in [0.15, 0.2) is 0 Å². The van der Waals surface area contributed by atoms with Gasteiger partial charge in [-0.3, -0.25) is 0 Å². The van der Waals surface area contributed by atoms with Crippen molar-refractivity contribution in [3.05, 3.63) is 0 Å². The smallest absolute Gasteiger partial charge is 1.00 e. The van der Waals surface area contributed by atoms with E-state index in [9.17, 15) is 0 Å². The van der Waals surface area contributed by atoms with Crippen LogP contribution in [0.4, 0.5) is 0 Å². The summed E-state index contributed by atoms with van der Waals surface area (Å²) in [6.45, 7) is 0. The van der Waals surface area contributed by atoms with Crippen LogP contribution in [0.3, 0.4) is 0 Å². The molecule has 18 valence electrons. The molecular formula is HBaClFLi. The number of hydrogen-bond acceptors (Lipinski definition) is 0. The topological polar surface area (TPSA) is 0 Å². The summed E-state index contributed by atoms with van der Waals surface area (Å²) >= 11 is 0. The first-order chi connectivity index (χ1) is 0. The van der Waals surface area contributed by atoms with Gasteiger partial charge in [-0.05, 0) is 0 Å². The van der Waals surface area contributed by atoms with Gasteiger partial charge >= 0.3 is 67.7 Å². The van der Waals surface area contributed by atoms with Crippen LogP contribution in [0.25, 0.3) is 0 Å². The van der Waals surface area contributed by atoms with Gasteiger partial charge in [0.15, 0.2) is 0 Å². The van der Waals surface area contributed by atoms with Gasteiger partial charge in [0.2, 0.25) is 0 Å². The minimum atomic E-state index is 0. The normalized spacial score (nSPS) is 0. The molecule has 0 aromatic heterocycles. The maximum Gasteiger partial charge on any atom is 2.00 e. The Morgan fingerprint density at radius 2 is 1.25 bits per heavy atom. The predicted octanol–water partition coefficient (Wildman–Crippen LogP) is -9.26. The third-order valence-corrected chi connectivity index (χ3v) is 0. The average molecular weight is 200 g/mol. The fourth-order valence-corrected chi connectivity index (χ4v) is 0. The summed E-state index contributed by atoms with van der Waals surface area (Å²) in [7, 11) is 0. The van der Waals surface area contributed by atoms with E-state index in [1.807, 2.05) is 0 Å². The fourth-order valence-electron chi connectivity index (χ4n) is 0. The monoisotopic (exact) mass is 200 g/mol. The van der Waals surface area contributed by atoms with Crippen LogP contribution >= 0.6 is 0 Å². The Hall–Kier alpha value is 2.39. The van der Waals surface area contributed by atoms with Gasteiger partial charge in [-0.2, -0.15) is 0 Å². The molecule has 0 rings (SSSR count). The van der Waals surface area contributed by atoms with Crippen molar-refractivity contribution in [2.45, 2.75) is 0 Å². The van der Waals surface area contributed by atoms with Gasteiger partial charge in [0.05, 0.1) is 0 Å². The van der Waals surface area contributed by atoms with Crippen molar-refractivity contribution in [3.63, 3.8) is 0 Å². The second-order valence-corrected chi connectivity index (χ2v) is 0. The van der Waals surface area contributed by atoms with Crippen LogP contribution in [0.1, 0.15) is 1.43 Å². The standard InChI is InChI=1S/Ba.ClH.FH.Li.H/h;2*1H;;/q+2;;;+1;-1/p-2. The number of rotatable bonds is 0. The zero-order valence-electron chi connectivity index (χ0n) is 3.46. The van der Waals surface area contributed by atoms with Crippen LogP contribution in [-0.4, -0.2) is 48.9 Å². The summed E-state index contributed by atoms with van der Waals surface area (Å²) in [6.07, 6.45) is 0. The third kappa shape index (κ3) is 8.83. The third-order valence-electron chi connectivity index (χ3n) is 0. The van der Waals surface area contributed by atoms with Crippen molar-refractivity contribution < 1.29 is 37.4 Å². The molecule has 0 unspecified atom stereocenters. The molecule has 0 aliphatic carbocycles. The summed E-state index contributed by atoms with van der Waals surface area (Å²) in [5.41, 5.74) is 0. The maximum atomic E-state index is 0. The molecule has 0 amide bonds. The molecule has 0 aliphatic heterocycles. The first-order valence-corrected chi connectivity index (χ1v) is 0. The molecular weight excluding hydrogens is 199 g/mol. The molecule has 0 atom stereocenters. The number of hydrogen-bond donors (Lipinski definition) is 0. The Labute approximate surface area is 84.6 Å². The van der Waals surface area contributed by atoms with Crippen molar-refractivity contribution in [2.75, 3.05) is 0 Å². The molecule has 0 saturated heterocycles. The van der Waals surface area contributed by atoms with E-state index >= 15 is 0 Å². The minimum Gasteiger partial charge on any atom is -1.00 e. The van der Waals surface area contributed by atoms with Crippen LogP contribution in [0, 0.1) is 0 Å². The van der Waals surface area contributed by atoms with E-state index in [1.54, 1.807) is 0 Å². The molecule has 0 spiro atoms. The van der Waals surface area contributed by atoms with E-state index in [0.29, 0.717) is 0 Å². The van der Waals surface area contributed by atoms with Crippen LogP contribution < -0.4 is 36.0 Å². The van der Waals surface area contributed by atoms with Crippen molar-refractivity contribution >= 4 is 48.9 Å². The van der Waals surface area contributed by atoms with Gasteiger partial charge in [-0.25, -0.2) is 0 Å². The molecule has 0 saturated carbocycles. The van der Waals surface area contributed by atoms with E-state index in [1.165, 1.54) is 0 Å². The van der Waals surface area contributed by atoms with E-state index in [-0.39, 0.29) is 86.3 Å². The maximum absolute atomic E-state index is 0. The van der Waals surface area contributed by atoms with Crippen molar-refractivity contribution in [2.24, 2.45) is 0 Å². The Kier molecular flexibility index (Phi) is 148. The zero-order chi connectivity index (χ0) is 0. The largest absolute Gasteiger partial charge is 2.00 e. The Balaban J connectivity index is 0. The van der Waals surface area contributed by atoms with Crippen molar-refractivity contribution in [1.82, 2.24) is 0 Å². The molecule has 0 bridgehead atoms. The minimum absolute atomic E-state index is 0. The number of halogens is 2.